The Morgan fingerprint density at radius 2 is 1.44 bits per heavy atom. The highest BCUT2D eigenvalue weighted by atomic mass is 32.1. The monoisotopic (exact) mass is 548 g/mol. The van der Waals surface area contributed by atoms with Crippen molar-refractivity contribution in [2.45, 2.75) is 6.92 Å². The Bertz CT molecular complexity index is 1400. The molecule has 1 N–H and O–H groups in total. The average molecular weight is 549 g/mol. The van der Waals surface area contributed by atoms with Crippen molar-refractivity contribution in [2.24, 2.45) is 0 Å². The molecule has 1 aliphatic rings. The third-order valence-corrected chi connectivity index (χ3v) is 7.32. The summed E-state index contributed by atoms with van der Waals surface area (Å²) in [5, 5.41) is 6.07. The van der Waals surface area contributed by atoms with Gasteiger partial charge in [-0.2, -0.15) is 0 Å². The maximum Gasteiger partial charge on any atom is 0.203 e. The number of aryl methyl sites for hydroxylation is 1. The number of methoxy groups -OCH3 is 4. The lowest BCUT2D eigenvalue weighted by Gasteiger charge is -2.36. The van der Waals surface area contributed by atoms with Gasteiger partial charge in [0.2, 0.25) is 5.75 Å². The van der Waals surface area contributed by atoms with Gasteiger partial charge in [0.1, 0.15) is 23.2 Å². The van der Waals surface area contributed by atoms with Crippen LogP contribution in [-0.4, -0.2) is 69.6 Å². The minimum absolute atomic E-state index is 0.547. The van der Waals surface area contributed by atoms with Crippen LogP contribution in [0.4, 0.5) is 22.5 Å². The molecule has 0 saturated carbocycles. The number of hydrogen-bond acceptors (Lipinski definition) is 11. The summed E-state index contributed by atoms with van der Waals surface area (Å²) in [6, 6.07) is 14.0. The number of ether oxygens (including phenoxy) is 4. The van der Waals surface area contributed by atoms with Crippen molar-refractivity contribution < 1.29 is 18.9 Å². The zero-order valence-electron chi connectivity index (χ0n) is 22.7. The van der Waals surface area contributed by atoms with Crippen molar-refractivity contribution in [1.82, 2.24) is 15.0 Å². The van der Waals surface area contributed by atoms with Crippen molar-refractivity contribution in [3.63, 3.8) is 0 Å². The van der Waals surface area contributed by atoms with E-state index in [0.29, 0.717) is 28.9 Å². The quantitative estimate of drug-likeness (QED) is 0.307. The summed E-state index contributed by atoms with van der Waals surface area (Å²) in [4.78, 5) is 18.8. The summed E-state index contributed by atoms with van der Waals surface area (Å²) in [6.07, 6.45) is 0. The van der Waals surface area contributed by atoms with Crippen molar-refractivity contribution >= 4 is 33.8 Å². The fourth-order valence-electron chi connectivity index (χ4n) is 4.57. The lowest BCUT2D eigenvalue weighted by Crippen LogP contribution is -2.46. The number of aromatic nitrogens is 3. The van der Waals surface area contributed by atoms with Crippen LogP contribution in [-0.2, 0) is 0 Å². The Kier molecular flexibility index (Phi) is 7.87. The molecule has 0 amide bonds. The Labute approximate surface area is 232 Å². The van der Waals surface area contributed by atoms with E-state index >= 15 is 0 Å². The number of hydrogen-bond donors (Lipinski definition) is 1. The third-order valence-electron chi connectivity index (χ3n) is 6.57. The van der Waals surface area contributed by atoms with Crippen LogP contribution in [0.5, 0.6) is 23.0 Å². The highest BCUT2D eigenvalue weighted by Gasteiger charge is 2.20. The zero-order chi connectivity index (χ0) is 27.4. The van der Waals surface area contributed by atoms with Gasteiger partial charge in [0.15, 0.2) is 16.6 Å². The molecular formula is C28H32N6O4S. The number of nitrogens with one attached hydrogen (secondary N) is 1. The SMILES string of the molecule is COc1ccc(N2CCN(c3cc(Nc4nc(-c5cc(OC)c(OC)c(OC)c5)cs4)nc(C)n3)CC2)cc1. The smallest absolute Gasteiger partial charge is 0.203 e. The molecule has 0 atom stereocenters. The van der Waals surface area contributed by atoms with Gasteiger partial charge in [0, 0.05) is 48.9 Å². The maximum absolute atomic E-state index is 5.49. The van der Waals surface area contributed by atoms with Crippen molar-refractivity contribution in [3.8, 4) is 34.3 Å². The van der Waals surface area contributed by atoms with Crippen LogP contribution in [0.3, 0.4) is 0 Å². The van der Waals surface area contributed by atoms with Crippen LogP contribution in [0.2, 0.25) is 0 Å². The van der Waals surface area contributed by atoms with Gasteiger partial charge < -0.3 is 34.1 Å². The molecule has 3 heterocycles. The van der Waals surface area contributed by atoms with Crippen LogP contribution in [0.1, 0.15) is 5.82 Å². The Morgan fingerprint density at radius 3 is 2.05 bits per heavy atom. The summed E-state index contributed by atoms with van der Waals surface area (Å²) in [5.74, 6) is 4.89. The molecule has 0 bridgehead atoms. The number of piperazine rings is 1. The molecule has 10 nitrogen and oxygen atoms in total. The van der Waals surface area contributed by atoms with Crippen LogP contribution >= 0.6 is 11.3 Å². The Balaban J connectivity index is 1.29. The van der Waals surface area contributed by atoms with Crippen LogP contribution in [0, 0.1) is 6.92 Å². The van der Waals surface area contributed by atoms with Crippen molar-refractivity contribution in [3.05, 3.63) is 53.7 Å². The van der Waals surface area contributed by atoms with E-state index in [4.69, 9.17) is 28.9 Å². The predicted octanol–water partition coefficient (Wildman–Crippen LogP) is 5.01. The van der Waals surface area contributed by atoms with E-state index < -0.39 is 0 Å². The van der Waals surface area contributed by atoms with Gasteiger partial charge in [-0.1, -0.05) is 0 Å². The van der Waals surface area contributed by atoms with E-state index in [9.17, 15) is 0 Å². The molecule has 4 aromatic rings. The second-order valence-electron chi connectivity index (χ2n) is 8.91. The molecule has 204 valence electrons. The second-order valence-corrected chi connectivity index (χ2v) is 9.77. The molecule has 39 heavy (non-hydrogen) atoms. The zero-order valence-corrected chi connectivity index (χ0v) is 23.5. The van der Waals surface area contributed by atoms with Gasteiger partial charge in [0.05, 0.1) is 34.1 Å². The van der Waals surface area contributed by atoms with E-state index in [-0.39, 0.29) is 0 Å². The van der Waals surface area contributed by atoms with E-state index in [1.807, 2.05) is 42.6 Å². The van der Waals surface area contributed by atoms with Crippen molar-refractivity contribution in [1.29, 1.82) is 0 Å². The molecular weight excluding hydrogens is 516 g/mol. The molecule has 2 aromatic carbocycles. The highest BCUT2D eigenvalue weighted by molar-refractivity contribution is 7.14. The summed E-state index contributed by atoms with van der Waals surface area (Å²) < 4.78 is 21.7. The predicted molar refractivity (Wildman–Crippen MR) is 155 cm³/mol. The van der Waals surface area contributed by atoms with Crippen molar-refractivity contribution in [2.75, 3.05) is 69.7 Å². The molecule has 2 aromatic heterocycles. The number of thiazole rings is 1. The normalized spacial score (nSPS) is 13.3. The molecule has 1 aliphatic heterocycles. The summed E-state index contributed by atoms with van der Waals surface area (Å²) in [7, 11) is 6.47. The molecule has 0 radical (unpaired) electrons. The van der Waals surface area contributed by atoms with E-state index in [2.05, 4.69) is 32.2 Å². The first-order valence-electron chi connectivity index (χ1n) is 12.5. The first-order valence-corrected chi connectivity index (χ1v) is 13.4. The lowest BCUT2D eigenvalue weighted by molar-refractivity contribution is 0.324. The highest BCUT2D eigenvalue weighted by Crippen LogP contribution is 2.41. The third kappa shape index (κ3) is 5.78. The number of rotatable bonds is 9. The molecule has 1 fully saturated rings. The van der Waals surface area contributed by atoms with Crippen LogP contribution < -0.4 is 34.1 Å². The first kappa shape index (κ1) is 26.4. The van der Waals surface area contributed by atoms with Gasteiger partial charge in [-0.3, -0.25) is 0 Å². The first-order chi connectivity index (χ1) is 19.0. The average Bonchev–Trinajstić information content (AvgIpc) is 3.44. The fraction of sp³-hybridized carbons (Fsp3) is 0.321. The summed E-state index contributed by atoms with van der Waals surface area (Å²) in [5.41, 5.74) is 2.86. The van der Waals surface area contributed by atoms with Crippen LogP contribution in [0.15, 0.2) is 47.8 Å². The molecule has 0 aliphatic carbocycles. The van der Waals surface area contributed by atoms with Gasteiger partial charge in [-0.05, 0) is 43.3 Å². The maximum atomic E-state index is 5.49. The van der Waals surface area contributed by atoms with Gasteiger partial charge in [-0.15, -0.1) is 11.3 Å². The lowest BCUT2D eigenvalue weighted by atomic mass is 10.1. The topological polar surface area (TPSA) is 94.1 Å². The minimum Gasteiger partial charge on any atom is -0.497 e. The molecule has 5 rings (SSSR count). The fourth-order valence-corrected chi connectivity index (χ4v) is 5.29. The molecule has 1 saturated heterocycles. The largest absolute Gasteiger partial charge is 0.497 e. The molecule has 0 spiro atoms. The number of nitrogens with zero attached hydrogens (tertiary/aromatic N) is 5. The number of anilines is 4. The van der Waals surface area contributed by atoms with E-state index in [1.165, 1.54) is 17.0 Å². The van der Waals surface area contributed by atoms with E-state index in [0.717, 1.165) is 54.1 Å². The van der Waals surface area contributed by atoms with Gasteiger partial charge in [0.25, 0.3) is 0 Å². The van der Waals surface area contributed by atoms with E-state index in [1.54, 1.807) is 28.4 Å². The standard InChI is InChI=1S/C28H32N6O4S/c1-18-29-25(16-26(30-18)34-12-10-33(11-13-34)20-6-8-21(35-2)9-7-20)32-28-31-22(17-39-28)19-14-23(36-3)27(38-5)24(15-19)37-4/h6-9,14-17H,10-13H2,1-5H3,(H,29,30,31,32). The number of benzene rings is 2. The Morgan fingerprint density at radius 1 is 0.769 bits per heavy atom. The summed E-state index contributed by atoms with van der Waals surface area (Å²) >= 11 is 1.50. The Hall–Kier alpha value is -4.25. The van der Waals surface area contributed by atoms with Gasteiger partial charge in [-0.25, -0.2) is 15.0 Å². The molecule has 0 unspecified atom stereocenters. The van der Waals surface area contributed by atoms with Gasteiger partial charge >= 0.3 is 0 Å². The van der Waals surface area contributed by atoms with Crippen LogP contribution in [0.25, 0.3) is 11.3 Å². The second kappa shape index (κ2) is 11.6. The minimum atomic E-state index is 0.547. The summed E-state index contributed by atoms with van der Waals surface area (Å²) in [6.45, 7) is 5.45. The molecule has 11 heteroatoms.